The van der Waals surface area contributed by atoms with Gasteiger partial charge in [-0.25, -0.2) is 0 Å². The average molecular weight is 331 g/mol. The standard InChI is InChI=1S/C12H20NO2S2.2CH3.Al/c1-11(2,3)10(14)13-6-5-9(13)12(15)16-7-4-8-17-12;;;/h9H,4-8H2,1-3H3;2*1H3;/q-1;;;+1. The molecule has 0 spiro atoms. The molecule has 2 aliphatic rings. The Bertz CT molecular complexity index is 365. The maximum absolute atomic E-state index is 12.6. The van der Waals surface area contributed by atoms with Gasteiger partial charge in [-0.1, -0.05) is 32.3 Å². The van der Waals surface area contributed by atoms with Crippen LogP contribution in [0.15, 0.2) is 0 Å². The van der Waals surface area contributed by atoms with Crippen molar-refractivity contribution in [1.29, 1.82) is 0 Å². The molecular weight excluding hydrogens is 305 g/mol. The molecule has 0 aromatic carbocycles. The molecule has 1 amide bonds. The number of rotatable bonds is 3. The number of nitrogens with zero attached hydrogens (tertiary/aromatic N) is 1. The van der Waals surface area contributed by atoms with E-state index in [1.807, 2.05) is 44.3 Å². The van der Waals surface area contributed by atoms with Gasteiger partial charge in [-0.05, 0) is 24.3 Å². The summed E-state index contributed by atoms with van der Waals surface area (Å²) in [5.74, 6) is 7.04. The van der Waals surface area contributed by atoms with E-state index in [0.717, 1.165) is 24.5 Å². The Hall–Kier alpha value is 0.662. The first-order chi connectivity index (χ1) is 9.26. The van der Waals surface area contributed by atoms with Crippen LogP contribution < -0.4 is 0 Å². The van der Waals surface area contributed by atoms with Gasteiger partial charge in [0.15, 0.2) is 4.27 Å². The molecule has 114 valence electrons. The summed E-state index contributed by atoms with van der Waals surface area (Å²) in [6.07, 6.45) is 2.34. The van der Waals surface area contributed by atoms with Crippen LogP contribution in [-0.4, -0.2) is 53.6 Å². The minimum absolute atomic E-state index is 0.183. The smallest absolute Gasteiger partial charge is 0.455 e. The molecule has 3 nitrogen and oxygen atoms in total. The lowest BCUT2D eigenvalue weighted by Crippen LogP contribution is -2.64. The van der Waals surface area contributed by atoms with Crippen molar-refractivity contribution < 1.29 is 8.58 Å². The van der Waals surface area contributed by atoms with E-state index in [-0.39, 0.29) is 21.6 Å². The molecule has 1 atom stereocenters. The number of hydrogen-bond donors (Lipinski definition) is 0. The van der Waals surface area contributed by atoms with Crippen LogP contribution in [0.25, 0.3) is 0 Å². The number of likely N-dealkylation sites (tertiary alicyclic amines) is 1. The van der Waals surface area contributed by atoms with Crippen molar-refractivity contribution in [3.63, 3.8) is 0 Å². The highest BCUT2D eigenvalue weighted by Gasteiger charge is 2.52. The van der Waals surface area contributed by atoms with Crippen LogP contribution in [0.4, 0.5) is 0 Å². The van der Waals surface area contributed by atoms with Crippen molar-refractivity contribution in [2.45, 2.75) is 55.5 Å². The zero-order valence-electron chi connectivity index (χ0n) is 13.3. The Morgan fingerprint density at radius 1 is 1.30 bits per heavy atom. The predicted octanol–water partition coefficient (Wildman–Crippen LogP) is 3.43. The molecule has 2 rings (SSSR count). The lowest BCUT2D eigenvalue weighted by atomic mass is 9.90. The molecule has 0 saturated carbocycles. The molecule has 0 radical (unpaired) electrons. The van der Waals surface area contributed by atoms with Crippen LogP contribution in [0.3, 0.4) is 0 Å². The molecule has 2 fully saturated rings. The van der Waals surface area contributed by atoms with Gasteiger partial charge >= 0.3 is 14.5 Å². The van der Waals surface area contributed by atoms with Crippen molar-refractivity contribution in [3.8, 4) is 0 Å². The molecule has 2 saturated heterocycles. The molecule has 0 aromatic rings. The van der Waals surface area contributed by atoms with Gasteiger partial charge in [-0.15, -0.1) is 23.5 Å². The van der Waals surface area contributed by atoms with Crippen LogP contribution in [0, 0.1) is 5.41 Å². The Morgan fingerprint density at radius 3 is 2.30 bits per heavy atom. The molecule has 1 unspecified atom stereocenters. The lowest BCUT2D eigenvalue weighted by Gasteiger charge is -2.54. The van der Waals surface area contributed by atoms with E-state index < -0.39 is 14.5 Å². The van der Waals surface area contributed by atoms with E-state index in [9.17, 15) is 4.79 Å². The van der Waals surface area contributed by atoms with E-state index >= 15 is 0 Å². The quantitative estimate of drug-likeness (QED) is 0.741. The van der Waals surface area contributed by atoms with Gasteiger partial charge in [0.1, 0.15) is 0 Å². The van der Waals surface area contributed by atoms with Gasteiger partial charge in [0.25, 0.3) is 0 Å². The molecule has 0 aliphatic carbocycles. The average Bonchev–Trinajstić information content (AvgIpc) is 2.25. The first-order valence-electron chi connectivity index (χ1n) is 7.53. The van der Waals surface area contributed by atoms with Gasteiger partial charge in [0.2, 0.25) is 5.91 Å². The van der Waals surface area contributed by atoms with Gasteiger partial charge in [0, 0.05) is 12.0 Å². The third-order valence-corrected chi connectivity index (χ3v) is 8.04. The predicted molar refractivity (Wildman–Crippen MR) is 90.4 cm³/mol. The second kappa shape index (κ2) is 6.42. The third-order valence-electron chi connectivity index (χ3n) is 3.63. The Labute approximate surface area is 136 Å². The molecule has 2 heterocycles. The van der Waals surface area contributed by atoms with E-state index in [4.69, 9.17) is 3.79 Å². The zero-order chi connectivity index (χ0) is 15.0. The summed E-state index contributed by atoms with van der Waals surface area (Å²) < 4.78 is 6.26. The van der Waals surface area contributed by atoms with Crippen LogP contribution in [0.1, 0.15) is 33.6 Å². The summed E-state index contributed by atoms with van der Waals surface area (Å²) in [4.78, 5) is 14.7. The fourth-order valence-electron chi connectivity index (χ4n) is 2.63. The van der Waals surface area contributed by atoms with Crippen LogP contribution >= 0.6 is 23.5 Å². The highest BCUT2D eigenvalue weighted by Crippen LogP contribution is 2.51. The van der Waals surface area contributed by atoms with Crippen molar-refractivity contribution in [1.82, 2.24) is 4.90 Å². The summed E-state index contributed by atoms with van der Waals surface area (Å²) in [5, 5.41) is 0. The summed E-state index contributed by atoms with van der Waals surface area (Å²) in [6, 6.07) is 0.263. The maximum Gasteiger partial charge on any atom is 0.455 e. The Kier molecular flexibility index (Phi) is 5.46. The van der Waals surface area contributed by atoms with Crippen LogP contribution in [0.5, 0.6) is 0 Å². The van der Waals surface area contributed by atoms with Gasteiger partial charge in [0.05, 0.1) is 6.04 Å². The van der Waals surface area contributed by atoms with Crippen LogP contribution in [-0.2, 0) is 8.58 Å². The topological polar surface area (TPSA) is 29.5 Å². The largest absolute Gasteiger partial charge is 0.479 e. The Balaban J connectivity index is 2.15. The highest BCUT2D eigenvalue weighted by molar-refractivity contribution is 8.18. The summed E-state index contributed by atoms with van der Waals surface area (Å²) >= 11 is 2.75. The normalized spacial score (nSPS) is 26.1. The van der Waals surface area contributed by atoms with Crippen molar-refractivity contribution >= 4 is 43.9 Å². The fourth-order valence-corrected chi connectivity index (χ4v) is 8.18. The summed E-state index contributed by atoms with van der Waals surface area (Å²) in [5.41, 5.74) is -0.293. The summed E-state index contributed by atoms with van der Waals surface area (Å²) in [6.45, 7) is 6.93. The molecular formula is C14H26AlNO2S2. The first kappa shape index (κ1) is 17.0. The van der Waals surface area contributed by atoms with Gasteiger partial charge in [-0.2, -0.15) is 0 Å². The molecule has 0 aromatic heterocycles. The van der Waals surface area contributed by atoms with Gasteiger partial charge < -0.3 is 8.69 Å². The second-order valence-electron chi connectivity index (χ2n) is 6.87. The number of hydrogen-bond acceptors (Lipinski definition) is 4. The van der Waals surface area contributed by atoms with E-state index in [2.05, 4.69) is 16.5 Å². The SMILES string of the molecule is [CH3][Al]([CH3])[O]C1(C2CCN2C(=O)C(C)(C)C)SCCCS1. The molecule has 2 aliphatic heterocycles. The van der Waals surface area contributed by atoms with Crippen molar-refractivity contribution in [3.05, 3.63) is 0 Å². The number of carbonyl (C=O) groups excluding carboxylic acids is 1. The molecule has 0 N–H and O–H groups in total. The maximum atomic E-state index is 12.6. The molecule has 0 bridgehead atoms. The summed E-state index contributed by atoms with van der Waals surface area (Å²) in [7, 11) is 0. The van der Waals surface area contributed by atoms with Crippen molar-refractivity contribution in [2.75, 3.05) is 18.1 Å². The minimum Gasteiger partial charge on any atom is -0.479 e. The van der Waals surface area contributed by atoms with Crippen molar-refractivity contribution in [2.24, 2.45) is 5.41 Å². The number of amides is 1. The van der Waals surface area contributed by atoms with Gasteiger partial charge in [-0.3, -0.25) is 4.79 Å². The fraction of sp³-hybridized carbons (Fsp3) is 0.929. The highest BCUT2D eigenvalue weighted by atomic mass is 32.2. The second-order valence-corrected chi connectivity index (χ2v) is 12.1. The van der Waals surface area contributed by atoms with E-state index in [1.54, 1.807) is 0 Å². The number of thioether (sulfide) groups is 2. The first-order valence-corrected chi connectivity index (χ1v) is 12.3. The van der Waals surface area contributed by atoms with Crippen LogP contribution in [0.2, 0.25) is 11.6 Å². The monoisotopic (exact) mass is 331 g/mol. The third kappa shape index (κ3) is 3.52. The molecule has 20 heavy (non-hydrogen) atoms. The lowest BCUT2D eigenvalue weighted by molar-refractivity contribution is -0.150. The minimum atomic E-state index is -1.13. The zero-order valence-corrected chi connectivity index (χ0v) is 16.1. The van der Waals surface area contributed by atoms with E-state index in [1.165, 1.54) is 6.42 Å². The molecule has 6 heteroatoms. The van der Waals surface area contributed by atoms with E-state index in [0.29, 0.717) is 0 Å². The Morgan fingerprint density at radius 2 is 1.90 bits per heavy atom. The number of carbonyl (C=O) groups is 1.